The maximum Gasteiger partial charge on any atom is 0.419 e. The molecule has 0 bridgehead atoms. The van der Waals surface area contributed by atoms with Crippen molar-refractivity contribution in [3.63, 3.8) is 0 Å². The lowest BCUT2D eigenvalue weighted by Gasteiger charge is -2.25. The average Bonchev–Trinajstić information content (AvgIpc) is 3.44. The van der Waals surface area contributed by atoms with E-state index >= 15 is 0 Å². The van der Waals surface area contributed by atoms with E-state index in [1.54, 1.807) is 4.90 Å². The summed E-state index contributed by atoms with van der Waals surface area (Å²) in [6.07, 6.45) is -2.13. The summed E-state index contributed by atoms with van der Waals surface area (Å²) in [6, 6.07) is 0.969. The van der Waals surface area contributed by atoms with E-state index in [1.807, 2.05) is 20.8 Å². The molecule has 0 saturated carbocycles. The van der Waals surface area contributed by atoms with E-state index in [-0.39, 0.29) is 11.7 Å². The van der Waals surface area contributed by atoms with E-state index in [0.717, 1.165) is 24.3 Å². The fourth-order valence-electron chi connectivity index (χ4n) is 4.47. The van der Waals surface area contributed by atoms with Crippen LogP contribution in [-0.2, 0) is 10.9 Å². The Morgan fingerprint density at radius 1 is 1.12 bits per heavy atom. The lowest BCUT2D eigenvalue weighted by atomic mass is 10.0. The zero-order valence-corrected chi connectivity index (χ0v) is 19.7. The summed E-state index contributed by atoms with van der Waals surface area (Å²) in [5.74, 6) is 0.0395. The molecule has 2 aliphatic heterocycles. The van der Waals surface area contributed by atoms with Gasteiger partial charge >= 0.3 is 12.3 Å². The van der Waals surface area contributed by atoms with Gasteiger partial charge in [-0.25, -0.2) is 19.3 Å². The van der Waals surface area contributed by atoms with Gasteiger partial charge in [-0.15, -0.1) is 5.10 Å². The maximum absolute atomic E-state index is 13.3. The maximum atomic E-state index is 13.3. The molecule has 2 aliphatic rings. The Morgan fingerprint density at radius 2 is 1.79 bits per heavy atom. The van der Waals surface area contributed by atoms with E-state index in [9.17, 15) is 18.0 Å². The number of alkyl halides is 3. The molecule has 0 aliphatic carbocycles. The molecule has 2 atom stereocenters. The van der Waals surface area contributed by atoms with Gasteiger partial charge in [0.15, 0.2) is 0 Å². The number of fused-ring (bicyclic) bond motifs is 2. The van der Waals surface area contributed by atoms with E-state index in [0.29, 0.717) is 35.6 Å². The van der Waals surface area contributed by atoms with Gasteiger partial charge < -0.3 is 20.3 Å². The summed E-state index contributed by atoms with van der Waals surface area (Å²) in [7, 11) is 0. The van der Waals surface area contributed by atoms with Gasteiger partial charge in [0.2, 0.25) is 10.1 Å². The number of hydrogen-bond donors (Lipinski definition) is 1. The summed E-state index contributed by atoms with van der Waals surface area (Å²) in [5, 5.41) is 5.37. The molecule has 9 nitrogen and oxygen atoms in total. The molecular weight excluding hydrogens is 471 g/mol. The van der Waals surface area contributed by atoms with Crippen LogP contribution in [0.5, 0.6) is 0 Å². The number of nitrogens with zero attached hydrogens (tertiary/aromatic N) is 6. The van der Waals surface area contributed by atoms with Crippen LogP contribution >= 0.6 is 11.3 Å². The normalized spacial score (nSPS) is 20.9. The van der Waals surface area contributed by atoms with Gasteiger partial charge in [0.25, 0.3) is 0 Å². The molecule has 2 N–H and O–H groups in total. The zero-order chi connectivity index (χ0) is 24.4. The van der Waals surface area contributed by atoms with E-state index in [1.165, 1.54) is 28.2 Å². The second-order valence-electron chi connectivity index (χ2n) is 9.69. The number of aromatic nitrogens is 4. The number of carbonyl (C=O) groups excluding carboxylic acids is 1. The highest BCUT2D eigenvalue weighted by atomic mass is 32.1. The Balaban J connectivity index is 1.33. The molecule has 13 heteroatoms. The number of nitrogens with two attached hydrogens (primary N) is 1. The molecule has 5 heterocycles. The van der Waals surface area contributed by atoms with E-state index in [4.69, 9.17) is 10.5 Å². The molecule has 0 unspecified atom stereocenters. The first-order valence-electron chi connectivity index (χ1n) is 10.8. The van der Waals surface area contributed by atoms with Gasteiger partial charge in [-0.2, -0.15) is 13.2 Å². The predicted octanol–water partition coefficient (Wildman–Crippen LogP) is 3.76. The van der Waals surface area contributed by atoms with E-state index < -0.39 is 23.2 Å². The molecule has 1 amide bonds. The Labute approximate surface area is 197 Å². The van der Waals surface area contributed by atoms with Crippen LogP contribution in [0.3, 0.4) is 0 Å². The van der Waals surface area contributed by atoms with Crippen LogP contribution in [0.1, 0.15) is 26.3 Å². The van der Waals surface area contributed by atoms with Crippen molar-refractivity contribution >= 4 is 33.3 Å². The van der Waals surface area contributed by atoms with Crippen LogP contribution < -0.4 is 10.6 Å². The third kappa shape index (κ3) is 4.12. The highest BCUT2D eigenvalue weighted by molar-refractivity contribution is 7.20. The number of likely N-dealkylation sites (tertiary alicyclic amines) is 1. The van der Waals surface area contributed by atoms with Crippen LogP contribution in [-0.4, -0.2) is 62.4 Å². The number of imidazole rings is 1. The number of carbonyl (C=O) groups is 1. The highest BCUT2D eigenvalue weighted by Gasteiger charge is 2.43. The van der Waals surface area contributed by atoms with Crippen molar-refractivity contribution in [3.05, 3.63) is 24.0 Å². The summed E-state index contributed by atoms with van der Waals surface area (Å²) in [6.45, 7) is 8.26. The molecule has 2 saturated heterocycles. The van der Waals surface area contributed by atoms with E-state index in [2.05, 4.69) is 20.0 Å². The van der Waals surface area contributed by atoms with Gasteiger partial charge in [0.1, 0.15) is 11.4 Å². The minimum Gasteiger partial charge on any atom is -0.444 e. The molecule has 0 radical (unpaired) electrons. The van der Waals surface area contributed by atoms with Gasteiger partial charge in [0, 0.05) is 49.8 Å². The minimum absolute atomic E-state index is 0.233. The van der Waals surface area contributed by atoms with Gasteiger partial charge in [-0.1, -0.05) is 11.3 Å². The summed E-state index contributed by atoms with van der Waals surface area (Å²) in [5.41, 5.74) is 4.55. The molecule has 0 aromatic carbocycles. The van der Waals surface area contributed by atoms with Crippen molar-refractivity contribution in [1.82, 2.24) is 24.5 Å². The first kappa shape index (κ1) is 22.7. The Hall–Kier alpha value is -3.09. The molecule has 2 fully saturated rings. The standard InChI is InChI=1S/C21H24F3N7O2S/c1-20(2,3)33-19(32)30-9-12-7-29(8-13(12)10-30)18-28-31-15(6-27-17(31)34-18)11-4-14(21(22,23)24)16(25)26-5-11/h4-6,12-13H,7-10H2,1-3H3,(H2,25,26)/t12-,13+. The number of hydrogen-bond acceptors (Lipinski definition) is 8. The number of halogens is 3. The fraction of sp³-hybridized carbons (Fsp3) is 0.524. The lowest BCUT2D eigenvalue weighted by Crippen LogP contribution is -2.37. The zero-order valence-electron chi connectivity index (χ0n) is 18.8. The van der Waals surface area contributed by atoms with Gasteiger partial charge in [-0.05, 0) is 26.8 Å². The van der Waals surface area contributed by atoms with Crippen molar-refractivity contribution in [2.24, 2.45) is 11.8 Å². The minimum atomic E-state index is -4.61. The number of rotatable bonds is 2. The predicted molar refractivity (Wildman–Crippen MR) is 121 cm³/mol. The second kappa shape index (κ2) is 7.72. The Kier molecular flexibility index (Phi) is 5.15. The topological polar surface area (TPSA) is 102 Å². The molecule has 3 aromatic heterocycles. The molecule has 34 heavy (non-hydrogen) atoms. The van der Waals surface area contributed by atoms with Gasteiger partial charge in [-0.3, -0.25) is 0 Å². The molecule has 182 valence electrons. The third-order valence-electron chi connectivity index (χ3n) is 6.00. The fourth-order valence-corrected chi connectivity index (χ4v) is 5.37. The second-order valence-corrected chi connectivity index (χ2v) is 10.6. The smallest absolute Gasteiger partial charge is 0.419 e. The van der Waals surface area contributed by atoms with Crippen molar-refractivity contribution < 1.29 is 22.7 Å². The van der Waals surface area contributed by atoms with Crippen LogP contribution in [0.4, 0.5) is 28.9 Å². The molecular formula is C21H24F3N7O2S. The SMILES string of the molecule is CC(C)(C)OC(=O)N1C[C@@H]2CN(c3nn4c(-c5cnc(N)c(C(F)(F)F)c5)cnc4s3)C[C@@H]2C1. The number of nitrogen functional groups attached to an aromatic ring is 1. The van der Waals surface area contributed by atoms with Crippen LogP contribution in [0, 0.1) is 11.8 Å². The lowest BCUT2D eigenvalue weighted by molar-refractivity contribution is -0.137. The van der Waals surface area contributed by atoms with Crippen LogP contribution in [0.2, 0.25) is 0 Å². The van der Waals surface area contributed by atoms with Crippen LogP contribution in [0.15, 0.2) is 18.5 Å². The number of ether oxygens (including phenoxy) is 1. The number of pyridine rings is 1. The Morgan fingerprint density at radius 3 is 2.41 bits per heavy atom. The molecule has 0 spiro atoms. The van der Waals surface area contributed by atoms with Crippen molar-refractivity contribution in [1.29, 1.82) is 0 Å². The average molecular weight is 496 g/mol. The molecule has 5 rings (SSSR count). The van der Waals surface area contributed by atoms with Crippen LogP contribution in [0.25, 0.3) is 16.2 Å². The van der Waals surface area contributed by atoms with Crippen molar-refractivity contribution in [2.75, 3.05) is 36.8 Å². The summed E-state index contributed by atoms with van der Waals surface area (Å²) >= 11 is 1.37. The monoisotopic (exact) mass is 495 g/mol. The van der Waals surface area contributed by atoms with Crippen molar-refractivity contribution in [3.8, 4) is 11.3 Å². The largest absolute Gasteiger partial charge is 0.444 e. The van der Waals surface area contributed by atoms with Gasteiger partial charge in [0.05, 0.1) is 17.5 Å². The molecule has 3 aromatic rings. The number of amides is 1. The van der Waals surface area contributed by atoms with Crippen molar-refractivity contribution in [2.45, 2.75) is 32.5 Å². The Bertz CT molecular complexity index is 1240. The summed E-state index contributed by atoms with van der Waals surface area (Å²) in [4.78, 5) is 24.9. The first-order valence-corrected chi connectivity index (χ1v) is 11.6. The third-order valence-corrected chi connectivity index (χ3v) is 6.99. The first-order chi connectivity index (χ1) is 15.9. The number of anilines is 2. The summed E-state index contributed by atoms with van der Waals surface area (Å²) < 4.78 is 46.8. The highest BCUT2D eigenvalue weighted by Crippen LogP contribution is 2.38. The quantitative estimate of drug-likeness (QED) is 0.578.